The fourth-order valence-corrected chi connectivity index (χ4v) is 4.66. The zero-order valence-corrected chi connectivity index (χ0v) is 15.3. The van der Waals surface area contributed by atoms with Gasteiger partial charge in [0.1, 0.15) is 6.67 Å². The first-order valence-corrected chi connectivity index (χ1v) is 9.25. The van der Waals surface area contributed by atoms with Gasteiger partial charge in [-0.25, -0.2) is 4.79 Å². The zero-order valence-electron chi connectivity index (χ0n) is 13.7. The summed E-state index contributed by atoms with van der Waals surface area (Å²) >= 11 is 11.8. The molecule has 0 radical (unpaired) electrons. The molecule has 3 aliphatic carbocycles. The molecule has 5 rings (SSSR count). The van der Waals surface area contributed by atoms with E-state index in [1.165, 1.54) is 6.07 Å². The Morgan fingerprint density at radius 3 is 2.23 bits per heavy atom. The summed E-state index contributed by atoms with van der Waals surface area (Å²) in [5.74, 6) is -0.669. The molecule has 4 unspecified atom stereocenters. The number of allylic oxidation sites excluding steroid dienone is 2. The van der Waals surface area contributed by atoms with Gasteiger partial charge in [-0.3, -0.25) is 14.5 Å². The highest BCUT2D eigenvalue weighted by Gasteiger charge is 2.56. The lowest BCUT2D eigenvalue weighted by Gasteiger charge is -2.38. The number of rotatable bonds is 3. The molecule has 1 aliphatic heterocycles. The van der Waals surface area contributed by atoms with Crippen LogP contribution < -0.4 is 10.6 Å². The minimum absolute atomic E-state index is 0.133. The maximum Gasteiger partial charge on any atom is 0.320 e. The summed E-state index contributed by atoms with van der Waals surface area (Å²) in [6, 6.07) is 4.14. The topological polar surface area (TPSA) is 78.5 Å². The maximum absolute atomic E-state index is 12.7. The van der Waals surface area contributed by atoms with Crippen LogP contribution in [0, 0.1) is 23.7 Å². The van der Waals surface area contributed by atoms with E-state index in [4.69, 9.17) is 23.2 Å². The first kappa shape index (κ1) is 17.4. The fourth-order valence-electron chi connectivity index (χ4n) is 4.20. The molecule has 2 N–H and O–H groups in total. The van der Waals surface area contributed by atoms with Crippen molar-refractivity contribution in [1.29, 1.82) is 0 Å². The zero-order chi connectivity index (χ0) is 18.4. The number of urea groups is 1. The van der Waals surface area contributed by atoms with Gasteiger partial charge in [-0.2, -0.15) is 0 Å². The summed E-state index contributed by atoms with van der Waals surface area (Å²) in [5, 5.41) is 5.90. The monoisotopic (exact) mass is 393 g/mol. The number of benzene rings is 1. The molecular weight excluding hydrogens is 377 g/mol. The number of nitrogens with one attached hydrogen (secondary N) is 2. The molecule has 6 nitrogen and oxygen atoms in total. The van der Waals surface area contributed by atoms with Crippen LogP contribution in [0.25, 0.3) is 0 Å². The molecule has 1 aromatic carbocycles. The number of amides is 4. The molecule has 4 atom stereocenters. The summed E-state index contributed by atoms with van der Waals surface area (Å²) in [4.78, 5) is 38.6. The number of fused-ring (bicyclic) bond motifs is 1. The molecular formula is C18H17Cl2N3O3. The molecule has 2 fully saturated rings. The standard InChI is InChI=1S/C18H17Cl2N3O3/c19-11-5-6-13(12(20)7-11)22-18(26)21-8-23-16(24)14-9-1-2-10(4-3-9)15(14)17(23)25/h1-2,5-7,9-10,14-15H,3-4,8H2,(H2,21,22,26). The molecule has 0 spiro atoms. The maximum atomic E-state index is 12.7. The van der Waals surface area contributed by atoms with Crippen molar-refractivity contribution < 1.29 is 14.4 Å². The number of imide groups is 1. The van der Waals surface area contributed by atoms with Gasteiger partial charge in [-0.1, -0.05) is 35.4 Å². The van der Waals surface area contributed by atoms with Crippen molar-refractivity contribution >= 4 is 46.7 Å². The summed E-state index contributed by atoms with van der Waals surface area (Å²) in [7, 11) is 0. The van der Waals surface area contributed by atoms with Crippen LogP contribution >= 0.6 is 23.2 Å². The largest absolute Gasteiger partial charge is 0.320 e. The van der Waals surface area contributed by atoms with Crippen molar-refractivity contribution in [2.24, 2.45) is 23.7 Å². The lowest BCUT2D eigenvalue weighted by Crippen LogP contribution is -2.43. The SMILES string of the molecule is O=C(NCN1C(=O)C2C3C=CC(CC3)C2C1=O)Nc1ccc(Cl)cc1Cl. The molecule has 1 heterocycles. The smallest absolute Gasteiger partial charge is 0.320 e. The number of nitrogens with zero attached hydrogens (tertiary/aromatic N) is 1. The Bertz CT molecular complexity index is 794. The quantitative estimate of drug-likeness (QED) is 0.610. The van der Waals surface area contributed by atoms with E-state index >= 15 is 0 Å². The van der Waals surface area contributed by atoms with Gasteiger partial charge < -0.3 is 10.6 Å². The van der Waals surface area contributed by atoms with Crippen LogP contribution in [0.4, 0.5) is 10.5 Å². The third kappa shape index (κ3) is 2.87. The van der Waals surface area contributed by atoms with E-state index in [1.54, 1.807) is 12.1 Å². The number of anilines is 1. The van der Waals surface area contributed by atoms with Gasteiger partial charge in [0, 0.05) is 5.02 Å². The summed E-state index contributed by atoms with van der Waals surface area (Å²) in [6.45, 7) is -0.152. The second kappa shape index (κ2) is 6.59. The van der Waals surface area contributed by atoms with Crippen LogP contribution in [0.1, 0.15) is 12.8 Å². The molecule has 4 aliphatic rings. The third-order valence-corrected chi connectivity index (χ3v) is 5.98. The van der Waals surface area contributed by atoms with Crippen LogP contribution in [0.15, 0.2) is 30.4 Å². The van der Waals surface area contributed by atoms with Crippen LogP contribution in [0.3, 0.4) is 0 Å². The molecule has 1 saturated carbocycles. The van der Waals surface area contributed by atoms with E-state index in [0.29, 0.717) is 15.7 Å². The highest BCUT2D eigenvalue weighted by molar-refractivity contribution is 6.36. The summed E-state index contributed by atoms with van der Waals surface area (Å²) in [6.07, 6.45) is 6.01. The van der Waals surface area contributed by atoms with Crippen molar-refractivity contribution in [1.82, 2.24) is 10.2 Å². The molecule has 4 amide bonds. The van der Waals surface area contributed by atoms with Gasteiger partial charge >= 0.3 is 6.03 Å². The second-order valence-electron chi connectivity index (χ2n) is 6.86. The molecule has 0 aromatic heterocycles. The van der Waals surface area contributed by atoms with Gasteiger partial charge in [0.05, 0.1) is 22.5 Å². The predicted molar refractivity (Wildman–Crippen MR) is 97.7 cm³/mol. The van der Waals surface area contributed by atoms with E-state index in [1.807, 2.05) is 0 Å². The number of hydrogen-bond acceptors (Lipinski definition) is 3. The minimum Gasteiger partial charge on any atom is -0.320 e. The van der Waals surface area contributed by atoms with Crippen LogP contribution in [-0.4, -0.2) is 29.4 Å². The van der Waals surface area contributed by atoms with E-state index in [0.717, 1.165) is 17.7 Å². The number of hydrogen-bond donors (Lipinski definition) is 2. The van der Waals surface area contributed by atoms with Gasteiger partial charge in [0.15, 0.2) is 0 Å². The normalized spacial score (nSPS) is 29.1. The van der Waals surface area contributed by atoms with E-state index in [9.17, 15) is 14.4 Å². The first-order chi connectivity index (χ1) is 12.5. The Morgan fingerprint density at radius 2 is 1.69 bits per heavy atom. The molecule has 2 bridgehead atoms. The van der Waals surface area contributed by atoms with Crippen molar-refractivity contribution in [3.8, 4) is 0 Å². The Balaban J connectivity index is 1.40. The molecule has 26 heavy (non-hydrogen) atoms. The molecule has 1 aromatic rings. The number of carbonyl (C=O) groups is 3. The lowest BCUT2D eigenvalue weighted by atomic mass is 9.63. The van der Waals surface area contributed by atoms with Crippen molar-refractivity contribution in [2.75, 3.05) is 12.0 Å². The average molecular weight is 394 g/mol. The highest BCUT2D eigenvalue weighted by atomic mass is 35.5. The fraction of sp³-hybridized carbons (Fsp3) is 0.389. The van der Waals surface area contributed by atoms with Crippen molar-refractivity contribution in [2.45, 2.75) is 12.8 Å². The highest BCUT2D eigenvalue weighted by Crippen LogP contribution is 2.49. The Labute approximate surface area is 160 Å². The molecule has 1 saturated heterocycles. The number of carbonyl (C=O) groups excluding carboxylic acids is 3. The number of likely N-dealkylation sites (tertiary alicyclic amines) is 1. The lowest BCUT2D eigenvalue weighted by molar-refractivity contribution is -0.140. The van der Waals surface area contributed by atoms with Gasteiger partial charge in [0.2, 0.25) is 11.8 Å². The van der Waals surface area contributed by atoms with E-state index < -0.39 is 6.03 Å². The summed E-state index contributed by atoms with van der Waals surface area (Å²) in [5.41, 5.74) is 0.392. The van der Waals surface area contributed by atoms with Crippen LogP contribution in [0.2, 0.25) is 10.0 Å². The first-order valence-electron chi connectivity index (χ1n) is 8.49. The van der Waals surface area contributed by atoms with Crippen LogP contribution in [-0.2, 0) is 9.59 Å². The summed E-state index contributed by atoms with van der Waals surface area (Å²) < 4.78 is 0. The van der Waals surface area contributed by atoms with Gasteiger partial charge in [0.25, 0.3) is 0 Å². The Kier molecular flexibility index (Phi) is 4.40. The average Bonchev–Trinajstić information content (AvgIpc) is 2.90. The van der Waals surface area contributed by atoms with Crippen LogP contribution in [0.5, 0.6) is 0 Å². The molecule has 8 heteroatoms. The molecule has 136 valence electrons. The predicted octanol–water partition coefficient (Wildman–Crippen LogP) is 3.27. The Hall–Kier alpha value is -2.05. The minimum atomic E-state index is -0.550. The van der Waals surface area contributed by atoms with Crippen molar-refractivity contribution in [3.05, 3.63) is 40.4 Å². The second-order valence-corrected chi connectivity index (χ2v) is 7.70. The van der Waals surface area contributed by atoms with E-state index in [-0.39, 0.29) is 42.2 Å². The Morgan fingerprint density at radius 1 is 1.08 bits per heavy atom. The van der Waals surface area contributed by atoms with Gasteiger partial charge in [-0.05, 0) is 42.9 Å². The van der Waals surface area contributed by atoms with Crippen molar-refractivity contribution in [3.63, 3.8) is 0 Å². The number of halogens is 2. The van der Waals surface area contributed by atoms with Gasteiger partial charge in [-0.15, -0.1) is 0 Å². The third-order valence-electron chi connectivity index (χ3n) is 5.43. The van der Waals surface area contributed by atoms with E-state index in [2.05, 4.69) is 22.8 Å².